The van der Waals surface area contributed by atoms with Gasteiger partial charge in [0.1, 0.15) is 17.3 Å². The van der Waals surface area contributed by atoms with Crippen LogP contribution in [0.4, 0.5) is 4.39 Å². The van der Waals surface area contributed by atoms with Gasteiger partial charge in [-0.15, -0.1) is 0 Å². The zero-order valence-corrected chi connectivity index (χ0v) is 17.9. The standard InChI is InChI=1S/C26H22FN3O3/c1-2-33-22-14-8-19(9-15-22)25(18-6-4-3-5-7-18)28-26(32)23-16-17-24(31)30(29-23)21-12-10-20(27)11-13-21/h3-17,25H,2H2,1H3,(H,28,32). The second-order valence-corrected chi connectivity index (χ2v) is 7.26. The molecule has 166 valence electrons. The molecule has 0 saturated carbocycles. The van der Waals surface area contributed by atoms with Crippen molar-refractivity contribution in [2.75, 3.05) is 6.61 Å². The van der Waals surface area contributed by atoms with Crippen LogP contribution >= 0.6 is 0 Å². The topological polar surface area (TPSA) is 73.2 Å². The Morgan fingerprint density at radius 2 is 1.61 bits per heavy atom. The molecule has 0 fully saturated rings. The number of carbonyl (C=O) groups excluding carboxylic acids is 1. The molecule has 33 heavy (non-hydrogen) atoms. The quantitative estimate of drug-likeness (QED) is 0.463. The summed E-state index contributed by atoms with van der Waals surface area (Å²) >= 11 is 0. The summed E-state index contributed by atoms with van der Waals surface area (Å²) < 4.78 is 19.9. The molecule has 0 spiro atoms. The largest absolute Gasteiger partial charge is 0.494 e. The van der Waals surface area contributed by atoms with Crippen molar-refractivity contribution < 1.29 is 13.9 Å². The number of hydrogen-bond donors (Lipinski definition) is 1. The Morgan fingerprint density at radius 1 is 0.939 bits per heavy atom. The number of hydrogen-bond acceptors (Lipinski definition) is 4. The SMILES string of the molecule is CCOc1ccc(C(NC(=O)c2ccc(=O)n(-c3ccc(F)cc3)n2)c2ccccc2)cc1. The van der Waals surface area contributed by atoms with Crippen LogP contribution in [0.1, 0.15) is 34.6 Å². The summed E-state index contributed by atoms with van der Waals surface area (Å²) in [6, 6.07) is 24.6. The Hall–Kier alpha value is -4.26. The minimum Gasteiger partial charge on any atom is -0.494 e. The van der Waals surface area contributed by atoms with Gasteiger partial charge in [0.05, 0.1) is 18.3 Å². The number of nitrogens with zero attached hydrogens (tertiary/aromatic N) is 2. The average molecular weight is 443 g/mol. The van der Waals surface area contributed by atoms with Gasteiger partial charge in [0.25, 0.3) is 11.5 Å². The molecule has 0 aliphatic heterocycles. The minimum atomic E-state index is -0.450. The van der Waals surface area contributed by atoms with E-state index in [2.05, 4.69) is 10.4 Å². The zero-order valence-electron chi connectivity index (χ0n) is 17.9. The molecule has 0 aliphatic carbocycles. The highest BCUT2D eigenvalue weighted by Gasteiger charge is 2.19. The summed E-state index contributed by atoms with van der Waals surface area (Å²) in [6.45, 7) is 2.48. The summed E-state index contributed by atoms with van der Waals surface area (Å²) in [4.78, 5) is 25.4. The number of ether oxygens (including phenoxy) is 1. The molecule has 0 saturated heterocycles. The van der Waals surface area contributed by atoms with Gasteiger partial charge >= 0.3 is 0 Å². The Kier molecular flexibility index (Phi) is 6.59. The molecule has 1 N–H and O–H groups in total. The van der Waals surface area contributed by atoms with E-state index in [4.69, 9.17) is 4.74 Å². The minimum absolute atomic E-state index is 0.0609. The first-order valence-corrected chi connectivity index (χ1v) is 10.5. The molecule has 0 bridgehead atoms. The molecule has 4 aromatic rings. The van der Waals surface area contributed by atoms with E-state index in [0.717, 1.165) is 21.6 Å². The highest BCUT2D eigenvalue weighted by Crippen LogP contribution is 2.24. The third-order valence-electron chi connectivity index (χ3n) is 5.04. The van der Waals surface area contributed by atoms with Crippen molar-refractivity contribution in [2.45, 2.75) is 13.0 Å². The number of carbonyl (C=O) groups is 1. The Morgan fingerprint density at radius 3 is 2.27 bits per heavy atom. The van der Waals surface area contributed by atoms with E-state index in [-0.39, 0.29) is 5.69 Å². The summed E-state index contributed by atoms with van der Waals surface area (Å²) in [7, 11) is 0. The second kappa shape index (κ2) is 9.91. The fraction of sp³-hybridized carbons (Fsp3) is 0.115. The van der Waals surface area contributed by atoms with Crippen LogP contribution in [0.2, 0.25) is 0 Å². The maximum absolute atomic E-state index is 13.3. The molecule has 7 heteroatoms. The van der Waals surface area contributed by atoms with E-state index in [1.807, 2.05) is 61.5 Å². The van der Waals surface area contributed by atoms with Gasteiger partial charge in [-0.2, -0.15) is 9.78 Å². The highest BCUT2D eigenvalue weighted by molar-refractivity contribution is 5.92. The predicted octanol–water partition coefficient (Wildman–Crippen LogP) is 4.29. The van der Waals surface area contributed by atoms with Gasteiger partial charge in [0.2, 0.25) is 0 Å². The first-order valence-electron chi connectivity index (χ1n) is 10.5. The van der Waals surface area contributed by atoms with Crippen molar-refractivity contribution in [2.24, 2.45) is 0 Å². The van der Waals surface area contributed by atoms with Gasteiger partial charge in [-0.3, -0.25) is 9.59 Å². The summed E-state index contributed by atoms with van der Waals surface area (Å²) in [5.41, 5.74) is 1.75. The third kappa shape index (κ3) is 5.15. The van der Waals surface area contributed by atoms with E-state index in [0.29, 0.717) is 12.3 Å². The van der Waals surface area contributed by atoms with Crippen LogP contribution in [0.25, 0.3) is 5.69 Å². The number of aromatic nitrogens is 2. The van der Waals surface area contributed by atoms with Gasteiger partial charge in [-0.25, -0.2) is 4.39 Å². The van der Waals surface area contributed by atoms with Crippen LogP contribution in [0.15, 0.2) is 95.8 Å². The van der Waals surface area contributed by atoms with Crippen molar-refractivity contribution in [3.8, 4) is 11.4 Å². The first kappa shape index (κ1) is 22.0. The monoisotopic (exact) mass is 443 g/mol. The summed E-state index contributed by atoms with van der Waals surface area (Å²) in [5, 5.41) is 7.21. The number of benzene rings is 3. The van der Waals surface area contributed by atoms with Crippen LogP contribution in [0, 0.1) is 5.82 Å². The first-order chi connectivity index (χ1) is 16.0. The van der Waals surface area contributed by atoms with E-state index in [1.165, 1.54) is 36.4 Å². The summed E-state index contributed by atoms with van der Waals surface area (Å²) in [6.07, 6.45) is 0. The molecular weight excluding hydrogens is 421 g/mol. The predicted molar refractivity (Wildman–Crippen MR) is 123 cm³/mol. The molecule has 1 atom stereocenters. The van der Waals surface area contributed by atoms with Gasteiger partial charge in [-0.05, 0) is 60.5 Å². The lowest BCUT2D eigenvalue weighted by molar-refractivity contribution is 0.0936. The van der Waals surface area contributed by atoms with Crippen LogP contribution < -0.4 is 15.6 Å². The van der Waals surface area contributed by atoms with Crippen LogP contribution in [-0.2, 0) is 0 Å². The molecule has 3 aromatic carbocycles. The second-order valence-electron chi connectivity index (χ2n) is 7.26. The summed E-state index contributed by atoms with van der Waals surface area (Å²) in [5.74, 6) is -0.136. The van der Waals surface area contributed by atoms with Gasteiger partial charge in [-0.1, -0.05) is 42.5 Å². The number of rotatable bonds is 7. The fourth-order valence-corrected chi connectivity index (χ4v) is 3.43. The smallest absolute Gasteiger partial charge is 0.272 e. The van der Waals surface area contributed by atoms with Crippen molar-refractivity contribution >= 4 is 5.91 Å². The Bertz CT molecular complexity index is 1290. The number of nitrogens with one attached hydrogen (secondary N) is 1. The molecule has 1 amide bonds. The average Bonchev–Trinajstić information content (AvgIpc) is 2.85. The van der Waals surface area contributed by atoms with Gasteiger partial charge in [0.15, 0.2) is 0 Å². The molecule has 4 rings (SSSR count). The number of amides is 1. The van der Waals surface area contributed by atoms with Gasteiger partial charge < -0.3 is 10.1 Å². The lowest BCUT2D eigenvalue weighted by atomic mass is 9.98. The lowest BCUT2D eigenvalue weighted by Crippen LogP contribution is -2.32. The van der Waals surface area contributed by atoms with Crippen LogP contribution in [0.3, 0.4) is 0 Å². The van der Waals surface area contributed by atoms with Crippen LogP contribution in [0.5, 0.6) is 5.75 Å². The molecular formula is C26H22FN3O3. The maximum atomic E-state index is 13.3. The van der Waals surface area contributed by atoms with E-state index < -0.39 is 23.3 Å². The molecule has 1 unspecified atom stereocenters. The molecule has 6 nitrogen and oxygen atoms in total. The van der Waals surface area contributed by atoms with E-state index in [9.17, 15) is 14.0 Å². The lowest BCUT2D eigenvalue weighted by Gasteiger charge is -2.20. The maximum Gasteiger partial charge on any atom is 0.272 e. The molecule has 1 aromatic heterocycles. The van der Waals surface area contributed by atoms with Crippen molar-refractivity contribution in [3.63, 3.8) is 0 Å². The molecule has 0 aliphatic rings. The van der Waals surface area contributed by atoms with E-state index >= 15 is 0 Å². The van der Waals surface area contributed by atoms with Gasteiger partial charge in [0, 0.05) is 6.07 Å². The van der Waals surface area contributed by atoms with Crippen molar-refractivity contribution in [3.05, 3.63) is 124 Å². The Balaban J connectivity index is 1.65. The Labute approximate surface area is 190 Å². The zero-order chi connectivity index (χ0) is 23.2. The van der Waals surface area contributed by atoms with Crippen molar-refractivity contribution in [1.82, 2.24) is 15.1 Å². The third-order valence-corrected chi connectivity index (χ3v) is 5.04. The van der Waals surface area contributed by atoms with Crippen LogP contribution in [-0.4, -0.2) is 22.3 Å². The normalized spacial score (nSPS) is 11.6. The fourth-order valence-electron chi connectivity index (χ4n) is 3.43. The molecule has 0 radical (unpaired) electrons. The van der Waals surface area contributed by atoms with E-state index in [1.54, 1.807) is 0 Å². The molecule has 1 heterocycles. The highest BCUT2D eigenvalue weighted by atomic mass is 19.1. The van der Waals surface area contributed by atoms with Crippen molar-refractivity contribution in [1.29, 1.82) is 0 Å². The number of halogens is 1.